The second kappa shape index (κ2) is 10.5. The summed E-state index contributed by atoms with van der Waals surface area (Å²) >= 11 is 0. The maximum absolute atomic E-state index is 12.9. The Balaban J connectivity index is 1.74. The fourth-order valence-electron chi connectivity index (χ4n) is 4.23. The fraction of sp³-hybridized carbons (Fsp3) is 0.207. The van der Waals surface area contributed by atoms with Crippen LogP contribution in [0.25, 0.3) is 27.7 Å². The molecule has 7 nitrogen and oxygen atoms in total. The lowest BCUT2D eigenvalue weighted by Crippen LogP contribution is -2.10. The Bertz CT molecular complexity index is 1450. The Kier molecular flexibility index (Phi) is 7.20. The van der Waals surface area contributed by atoms with Gasteiger partial charge in [-0.15, -0.1) is 0 Å². The number of benzene rings is 3. The van der Waals surface area contributed by atoms with Gasteiger partial charge in [0.25, 0.3) is 0 Å². The number of ether oxygens (including phenoxy) is 4. The normalized spacial score (nSPS) is 11.3. The highest BCUT2D eigenvalue weighted by Gasteiger charge is 2.19. The van der Waals surface area contributed by atoms with Crippen LogP contribution in [0.2, 0.25) is 0 Å². The summed E-state index contributed by atoms with van der Waals surface area (Å²) in [6.07, 6.45) is 3.27. The summed E-state index contributed by atoms with van der Waals surface area (Å²) in [6.45, 7) is 3.82. The minimum Gasteiger partial charge on any atom is -0.497 e. The molecule has 0 aliphatic rings. The van der Waals surface area contributed by atoms with Gasteiger partial charge < -0.3 is 28.7 Å². The highest BCUT2D eigenvalue weighted by molar-refractivity contribution is 6.06. The molecule has 7 heteroatoms. The first-order valence-electron chi connectivity index (χ1n) is 11.3. The number of allylic oxidation sites excluding steroid dienone is 1. The van der Waals surface area contributed by atoms with Gasteiger partial charge in [0, 0.05) is 34.2 Å². The number of hydrogen-bond donors (Lipinski definition) is 1. The number of nitrogens with one attached hydrogen (secondary N) is 1. The standard InChI is InChI=1S/C29H29NO6/c1-17(12-27(31)30-25-11-10-21(33-4)14-26(25)34-5)22-15-23-24(19-8-7-9-20(13-19)32-3)16-36-29(23)18(2)28(22)35-6/h7-16H,1-6H3,(H,30,31)/b17-12+. The first-order chi connectivity index (χ1) is 17.4. The molecule has 0 saturated heterocycles. The molecule has 0 atom stereocenters. The number of rotatable bonds is 8. The van der Waals surface area contributed by atoms with Crippen LogP contribution < -0.4 is 24.3 Å². The molecule has 0 radical (unpaired) electrons. The molecule has 0 fully saturated rings. The highest BCUT2D eigenvalue weighted by Crippen LogP contribution is 2.41. The van der Waals surface area contributed by atoms with Crippen molar-refractivity contribution in [2.24, 2.45) is 0 Å². The topological polar surface area (TPSA) is 79.2 Å². The number of hydrogen-bond acceptors (Lipinski definition) is 6. The zero-order valence-corrected chi connectivity index (χ0v) is 21.2. The third-order valence-electron chi connectivity index (χ3n) is 6.07. The van der Waals surface area contributed by atoms with Gasteiger partial charge in [-0.05, 0) is 55.3 Å². The van der Waals surface area contributed by atoms with E-state index in [4.69, 9.17) is 23.4 Å². The second-order valence-corrected chi connectivity index (χ2v) is 8.22. The monoisotopic (exact) mass is 487 g/mol. The summed E-state index contributed by atoms with van der Waals surface area (Å²) < 4.78 is 27.7. The van der Waals surface area contributed by atoms with E-state index in [1.807, 2.05) is 44.2 Å². The van der Waals surface area contributed by atoms with Crippen LogP contribution in [0.1, 0.15) is 18.1 Å². The van der Waals surface area contributed by atoms with Crippen LogP contribution in [0.5, 0.6) is 23.0 Å². The Morgan fingerprint density at radius 2 is 1.67 bits per heavy atom. The van der Waals surface area contributed by atoms with Gasteiger partial charge in [0.05, 0.1) is 40.4 Å². The van der Waals surface area contributed by atoms with Crippen LogP contribution in [0.4, 0.5) is 5.69 Å². The van der Waals surface area contributed by atoms with E-state index in [2.05, 4.69) is 5.32 Å². The summed E-state index contributed by atoms with van der Waals surface area (Å²) in [4.78, 5) is 12.9. The molecular weight excluding hydrogens is 458 g/mol. The van der Waals surface area contributed by atoms with Gasteiger partial charge in [-0.25, -0.2) is 0 Å². The first kappa shape index (κ1) is 24.7. The minimum atomic E-state index is -0.295. The van der Waals surface area contributed by atoms with E-state index in [1.165, 1.54) is 6.08 Å². The SMILES string of the molecule is COc1cccc(-c2coc3c(C)c(OC)c(/C(C)=C/C(=O)Nc4ccc(OC)cc4OC)cc23)c1. The van der Waals surface area contributed by atoms with Crippen LogP contribution in [0, 0.1) is 6.92 Å². The van der Waals surface area contributed by atoms with Gasteiger partial charge in [0.2, 0.25) is 5.91 Å². The molecular formula is C29H29NO6. The van der Waals surface area contributed by atoms with Gasteiger partial charge in [0.15, 0.2) is 0 Å². The van der Waals surface area contributed by atoms with Crippen LogP contribution in [0.15, 0.2) is 65.3 Å². The summed E-state index contributed by atoms with van der Waals surface area (Å²) in [6, 6.07) is 15.0. The van der Waals surface area contributed by atoms with Crippen LogP contribution in [0.3, 0.4) is 0 Å². The van der Waals surface area contributed by atoms with Gasteiger partial charge in [0.1, 0.15) is 28.6 Å². The van der Waals surface area contributed by atoms with Crippen molar-refractivity contribution in [2.45, 2.75) is 13.8 Å². The van der Waals surface area contributed by atoms with E-state index in [1.54, 1.807) is 52.9 Å². The predicted molar refractivity (Wildman–Crippen MR) is 141 cm³/mol. The number of anilines is 1. The zero-order valence-electron chi connectivity index (χ0n) is 21.2. The summed E-state index contributed by atoms with van der Waals surface area (Å²) in [7, 11) is 6.36. The Morgan fingerprint density at radius 3 is 2.36 bits per heavy atom. The molecule has 0 saturated carbocycles. The lowest BCUT2D eigenvalue weighted by molar-refractivity contribution is -0.111. The van der Waals surface area contributed by atoms with E-state index in [0.29, 0.717) is 22.9 Å². The molecule has 186 valence electrons. The van der Waals surface area contributed by atoms with Crippen molar-refractivity contribution in [1.29, 1.82) is 0 Å². The van der Waals surface area contributed by atoms with Crippen molar-refractivity contribution in [3.63, 3.8) is 0 Å². The third kappa shape index (κ3) is 4.73. The molecule has 1 N–H and O–H groups in total. The largest absolute Gasteiger partial charge is 0.497 e. The van der Waals surface area contributed by atoms with Crippen LogP contribution in [-0.4, -0.2) is 34.3 Å². The second-order valence-electron chi connectivity index (χ2n) is 8.22. The molecule has 1 aromatic heterocycles. The van der Waals surface area contributed by atoms with Crippen molar-refractivity contribution in [2.75, 3.05) is 33.8 Å². The average Bonchev–Trinajstić information content (AvgIpc) is 3.33. The van der Waals surface area contributed by atoms with Gasteiger partial charge in [-0.3, -0.25) is 4.79 Å². The molecule has 4 rings (SSSR count). The molecule has 0 aliphatic heterocycles. The number of methoxy groups -OCH3 is 4. The first-order valence-corrected chi connectivity index (χ1v) is 11.3. The number of carbonyl (C=O) groups is 1. The maximum atomic E-state index is 12.9. The van der Waals surface area contributed by atoms with E-state index in [0.717, 1.165) is 44.5 Å². The van der Waals surface area contributed by atoms with Crippen molar-refractivity contribution in [3.05, 3.63) is 72.0 Å². The molecule has 0 bridgehead atoms. The van der Waals surface area contributed by atoms with E-state index < -0.39 is 0 Å². The summed E-state index contributed by atoms with van der Waals surface area (Å²) in [5, 5.41) is 3.80. The maximum Gasteiger partial charge on any atom is 0.248 e. The minimum absolute atomic E-state index is 0.295. The number of aryl methyl sites for hydroxylation is 1. The molecule has 3 aromatic carbocycles. The number of amides is 1. The molecule has 0 aliphatic carbocycles. The third-order valence-corrected chi connectivity index (χ3v) is 6.07. The predicted octanol–water partition coefficient (Wildman–Crippen LogP) is 6.48. The average molecular weight is 488 g/mol. The van der Waals surface area contributed by atoms with Crippen molar-refractivity contribution in [3.8, 4) is 34.1 Å². The van der Waals surface area contributed by atoms with E-state index in [9.17, 15) is 4.79 Å². The molecule has 0 unspecified atom stereocenters. The smallest absolute Gasteiger partial charge is 0.248 e. The molecule has 1 heterocycles. The highest BCUT2D eigenvalue weighted by atomic mass is 16.5. The van der Waals surface area contributed by atoms with Crippen LogP contribution in [-0.2, 0) is 4.79 Å². The lowest BCUT2D eigenvalue weighted by atomic mass is 9.96. The van der Waals surface area contributed by atoms with Crippen LogP contribution >= 0.6 is 0 Å². The van der Waals surface area contributed by atoms with E-state index in [-0.39, 0.29) is 5.91 Å². The Morgan fingerprint density at radius 1 is 0.917 bits per heavy atom. The number of carbonyl (C=O) groups excluding carboxylic acids is 1. The lowest BCUT2D eigenvalue weighted by Gasteiger charge is -2.14. The molecule has 4 aromatic rings. The Hall–Kier alpha value is -4.39. The Labute approximate surface area is 210 Å². The van der Waals surface area contributed by atoms with Gasteiger partial charge in [-0.1, -0.05) is 12.1 Å². The summed E-state index contributed by atoms with van der Waals surface area (Å²) in [5.74, 6) is 2.25. The van der Waals surface area contributed by atoms with Crippen molar-refractivity contribution >= 4 is 28.1 Å². The number of fused-ring (bicyclic) bond motifs is 1. The molecule has 0 spiro atoms. The van der Waals surface area contributed by atoms with Crippen molar-refractivity contribution in [1.82, 2.24) is 0 Å². The quantitative estimate of drug-likeness (QED) is 0.286. The number of furan rings is 1. The van der Waals surface area contributed by atoms with Gasteiger partial charge >= 0.3 is 0 Å². The van der Waals surface area contributed by atoms with E-state index >= 15 is 0 Å². The van der Waals surface area contributed by atoms with Crippen molar-refractivity contribution < 1.29 is 28.2 Å². The fourth-order valence-corrected chi connectivity index (χ4v) is 4.23. The molecule has 36 heavy (non-hydrogen) atoms. The molecule has 1 amide bonds. The summed E-state index contributed by atoms with van der Waals surface area (Å²) in [5.41, 5.74) is 5.55. The zero-order chi connectivity index (χ0) is 25.8. The van der Waals surface area contributed by atoms with Gasteiger partial charge in [-0.2, -0.15) is 0 Å².